The average molecular weight is 276 g/mol. The van der Waals surface area contributed by atoms with Gasteiger partial charge in [0.2, 0.25) is 0 Å². The molecule has 1 heterocycles. The van der Waals surface area contributed by atoms with E-state index in [4.69, 9.17) is 0 Å². The minimum absolute atomic E-state index is 0.255. The zero-order valence-corrected chi connectivity index (χ0v) is 10.7. The van der Waals surface area contributed by atoms with Gasteiger partial charge in [-0.2, -0.15) is 0 Å². The maximum atomic E-state index is 11.0. The average Bonchev–Trinajstić information content (AvgIpc) is 2.85. The molecule has 2 rings (SSSR count). The van der Waals surface area contributed by atoms with Gasteiger partial charge in [0.1, 0.15) is 5.82 Å². The molecule has 1 aromatic heterocycles. The second kappa shape index (κ2) is 5.47. The van der Waals surface area contributed by atoms with Crippen LogP contribution in [0.1, 0.15) is 18.3 Å². The summed E-state index contributed by atoms with van der Waals surface area (Å²) in [6, 6.07) is 3.67. The summed E-state index contributed by atoms with van der Waals surface area (Å²) in [5.74, 6) is 0.803. The van der Waals surface area contributed by atoms with Gasteiger partial charge < -0.3 is 4.57 Å². The molecule has 0 saturated heterocycles. The lowest BCUT2D eigenvalue weighted by molar-refractivity contribution is -0.394. The van der Waals surface area contributed by atoms with Crippen molar-refractivity contribution in [2.24, 2.45) is 0 Å². The third-order valence-corrected chi connectivity index (χ3v) is 2.94. The summed E-state index contributed by atoms with van der Waals surface area (Å²) in [6.07, 6.45) is 4.05. The molecule has 0 aliphatic rings. The number of benzene rings is 1. The third kappa shape index (κ3) is 2.63. The Morgan fingerprint density at radius 3 is 2.60 bits per heavy atom. The van der Waals surface area contributed by atoms with Gasteiger partial charge in [0.15, 0.2) is 0 Å². The smallest absolute Gasteiger partial charge is 0.281 e. The summed E-state index contributed by atoms with van der Waals surface area (Å²) in [5.41, 5.74) is -0.134. The van der Waals surface area contributed by atoms with Gasteiger partial charge in [0.25, 0.3) is 11.4 Å². The molecule has 0 aliphatic heterocycles. The van der Waals surface area contributed by atoms with E-state index in [2.05, 4.69) is 4.98 Å². The number of nitro benzene ring substituents is 2. The SMILES string of the molecule is CCc1nccn1Cc1ccc([N+](=O)[O-])cc1[N+](=O)[O-]. The summed E-state index contributed by atoms with van der Waals surface area (Å²) < 4.78 is 1.79. The maximum absolute atomic E-state index is 11.0. The van der Waals surface area contributed by atoms with Gasteiger partial charge in [-0.15, -0.1) is 0 Å². The number of hydrogen-bond donors (Lipinski definition) is 0. The van der Waals surface area contributed by atoms with Crippen molar-refractivity contribution in [2.45, 2.75) is 19.9 Å². The van der Waals surface area contributed by atoms with Crippen LogP contribution in [0, 0.1) is 20.2 Å². The van der Waals surface area contributed by atoms with E-state index in [1.54, 1.807) is 17.0 Å². The van der Waals surface area contributed by atoms with Gasteiger partial charge >= 0.3 is 0 Å². The van der Waals surface area contributed by atoms with E-state index in [1.165, 1.54) is 12.1 Å². The molecule has 1 aromatic carbocycles. The van der Waals surface area contributed by atoms with Crippen LogP contribution in [0.2, 0.25) is 0 Å². The standard InChI is InChI=1S/C12H12N4O4/c1-2-12-13-5-6-14(12)8-9-3-4-10(15(17)18)7-11(9)16(19)20/h3-7H,2,8H2,1H3. The van der Waals surface area contributed by atoms with E-state index in [0.29, 0.717) is 12.0 Å². The van der Waals surface area contributed by atoms with Crippen molar-refractivity contribution in [3.8, 4) is 0 Å². The van der Waals surface area contributed by atoms with Gasteiger partial charge in [-0.3, -0.25) is 20.2 Å². The third-order valence-electron chi connectivity index (χ3n) is 2.94. The second-order valence-corrected chi connectivity index (χ2v) is 4.15. The van der Waals surface area contributed by atoms with Crippen molar-refractivity contribution in [1.29, 1.82) is 0 Å². The first-order chi connectivity index (χ1) is 9.52. The molecule has 0 bridgehead atoms. The lowest BCUT2D eigenvalue weighted by Gasteiger charge is -2.07. The minimum Gasteiger partial charge on any atom is -0.330 e. The van der Waals surface area contributed by atoms with Crippen LogP contribution >= 0.6 is 0 Å². The van der Waals surface area contributed by atoms with Crippen LogP contribution in [0.5, 0.6) is 0 Å². The van der Waals surface area contributed by atoms with Crippen LogP contribution < -0.4 is 0 Å². The number of imidazole rings is 1. The van der Waals surface area contributed by atoms with Crippen molar-refractivity contribution < 1.29 is 9.85 Å². The highest BCUT2D eigenvalue weighted by atomic mass is 16.6. The van der Waals surface area contributed by atoms with Crippen LogP contribution in [0.4, 0.5) is 11.4 Å². The molecule has 0 saturated carbocycles. The molecule has 0 unspecified atom stereocenters. The summed E-state index contributed by atoms with van der Waals surface area (Å²) in [5, 5.41) is 21.7. The summed E-state index contributed by atoms with van der Waals surface area (Å²) in [7, 11) is 0. The van der Waals surface area contributed by atoms with Gasteiger partial charge in [0, 0.05) is 24.9 Å². The zero-order chi connectivity index (χ0) is 14.7. The van der Waals surface area contributed by atoms with Crippen molar-refractivity contribution in [1.82, 2.24) is 9.55 Å². The van der Waals surface area contributed by atoms with E-state index in [1.807, 2.05) is 6.92 Å². The monoisotopic (exact) mass is 276 g/mol. The van der Waals surface area contributed by atoms with E-state index >= 15 is 0 Å². The largest absolute Gasteiger partial charge is 0.330 e. The Morgan fingerprint density at radius 2 is 2.00 bits per heavy atom. The number of nitro groups is 2. The number of aryl methyl sites for hydroxylation is 1. The molecule has 2 aromatic rings. The number of rotatable bonds is 5. The van der Waals surface area contributed by atoms with Crippen LogP contribution in [0.25, 0.3) is 0 Å². The van der Waals surface area contributed by atoms with Gasteiger partial charge in [0.05, 0.1) is 28.0 Å². The molecule has 20 heavy (non-hydrogen) atoms. The fourth-order valence-electron chi connectivity index (χ4n) is 1.95. The topological polar surface area (TPSA) is 104 Å². The number of hydrogen-bond acceptors (Lipinski definition) is 5. The Labute approximate surface area is 114 Å². The van der Waals surface area contributed by atoms with Crippen molar-refractivity contribution >= 4 is 11.4 Å². The number of nitrogens with zero attached hydrogens (tertiary/aromatic N) is 4. The fourth-order valence-corrected chi connectivity index (χ4v) is 1.95. The van der Waals surface area contributed by atoms with Gasteiger partial charge in [-0.1, -0.05) is 6.92 Å². The van der Waals surface area contributed by atoms with Crippen molar-refractivity contribution in [3.05, 3.63) is 62.2 Å². The van der Waals surface area contributed by atoms with Crippen LogP contribution in [-0.4, -0.2) is 19.4 Å². The summed E-state index contributed by atoms with van der Waals surface area (Å²) in [6.45, 7) is 2.20. The Hall–Kier alpha value is -2.77. The quantitative estimate of drug-likeness (QED) is 0.615. The Balaban J connectivity index is 2.41. The molecule has 0 atom stereocenters. The normalized spacial score (nSPS) is 10.4. The Kier molecular flexibility index (Phi) is 3.74. The molecule has 0 fully saturated rings. The van der Waals surface area contributed by atoms with Crippen molar-refractivity contribution in [2.75, 3.05) is 0 Å². The minimum atomic E-state index is -0.647. The van der Waals surface area contributed by atoms with E-state index < -0.39 is 9.85 Å². The summed E-state index contributed by atoms with van der Waals surface area (Å²) >= 11 is 0. The first-order valence-electron chi connectivity index (χ1n) is 5.94. The molecular weight excluding hydrogens is 264 g/mol. The molecule has 0 radical (unpaired) electrons. The maximum Gasteiger partial charge on any atom is 0.281 e. The highest BCUT2D eigenvalue weighted by Gasteiger charge is 2.19. The number of non-ortho nitro benzene ring substituents is 1. The number of aromatic nitrogens is 2. The van der Waals surface area contributed by atoms with Crippen LogP contribution in [0.3, 0.4) is 0 Å². The predicted octanol–water partition coefficient (Wildman–Crippen LogP) is 2.31. The predicted molar refractivity (Wildman–Crippen MR) is 70.5 cm³/mol. The molecule has 0 amide bonds. The molecule has 0 spiro atoms. The highest BCUT2D eigenvalue weighted by Crippen LogP contribution is 2.25. The van der Waals surface area contributed by atoms with Crippen molar-refractivity contribution in [3.63, 3.8) is 0 Å². The lowest BCUT2D eigenvalue weighted by Crippen LogP contribution is -2.06. The van der Waals surface area contributed by atoms with E-state index in [0.717, 1.165) is 11.9 Å². The van der Waals surface area contributed by atoms with E-state index in [-0.39, 0.29) is 17.9 Å². The Bertz CT molecular complexity index is 665. The van der Waals surface area contributed by atoms with Gasteiger partial charge in [-0.05, 0) is 6.07 Å². The fraction of sp³-hybridized carbons (Fsp3) is 0.250. The first kappa shape index (κ1) is 13.7. The molecule has 0 N–H and O–H groups in total. The van der Waals surface area contributed by atoms with Crippen LogP contribution in [0.15, 0.2) is 30.6 Å². The molecule has 8 nitrogen and oxygen atoms in total. The molecule has 0 aliphatic carbocycles. The molecule has 104 valence electrons. The van der Waals surface area contributed by atoms with E-state index in [9.17, 15) is 20.2 Å². The molecular formula is C12H12N4O4. The highest BCUT2D eigenvalue weighted by molar-refractivity contribution is 5.49. The van der Waals surface area contributed by atoms with Gasteiger partial charge in [-0.25, -0.2) is 4.98 Å². The lowest BCUT2D eigenvalue weighted by atomic mass is 10.1. The van der Waals surface area contributed by atoms with Crippen LogP contribution in [-0.2, 0) is 13.0 Å². The second-order valence-electron chi connectivity index (χ2n) is 4.15. The Morgan fingerprint density at radius 1 is 1.25 bits per heavy atom. The zero-order valence-electron chi connectivity index (χ0n) is 10.7. The summed E-state index contributed by atoms with van der Waals surface area (Å²) in [4.78, 5) is 24.6. The molecule has 8 heteroatoms. The first-order valence-corrected chi connectivity index (χ1v) is 5.94.